The maximum absolute atomic E-state index is 5.22. The summed E-state index contributed by atoms with van der Waals surface area (Å²) in [6.07, 6.45) is 3.57. The lowest BCUT2D eigenvalue weighted by molar-refractivity contribution is 0.414. The van der Waals surface area contributed by atoms with Gasteiger partial charge in [0.25, 0.3) is 0 Å². The Morgan fingerprint density at radius 1 is 0.767 bits per heavy atom. The molecule has 0 saturated carbocycles. The minimum Gasteiger partial charge on any atom is -0.497 e. The van der Waals surface area contributed by atoms with Crippen LogP contribution >= 0.6 is 0 Å². The van der Waals surface area contributed by atoms with Crippen LogP contribution in [-0.2, 0) is 13.1 Å². The van der Waals surface area contributed by atoms with E-state index in [2.05, 4.69) is 20.6 Å². The average Bonchev–Trinajstić information content (AvgIpc) is 2.83. The molecule has 2 aromatic heterocycles. The fourth-order valence-corrected chi connectivity index (χ4v) is 2.99. The second-order valence-electron chi connectivity index (χ2n) is 6.74. The predicted molar refractivity (Wildman–Crippen MR) is 119 cm³/mol. The highest BCUT2D eigenvalue weighted by Crippen LogP contribution is 2.22. The number of aromatic nitrogens is 3. The van der Waals surface area contributed by atoms with Gasteiger partial charge in [-0.25, -0.2) is 4.98 Å². The Bertz CT molecular complexity index is 1070. The number of pyridine rings is 1. The monoisotopic (exact) mass is 397 g/mol. The molecule has 0 atom stereocenters. The van der Waals surface area contributed by atoms with Crippen molar-refractivity contribution in [2.45, 2.75) is 13.1 Å². The van der Waals surface area contributed by atoms with E-state index in [0.29, 0.717) is 19.0 Å². The molecule has 0 fully saturated rings. The van der Waals surface area contributed by atoms with Crippen LogP contribution in [0.5, 0.6) is 5.75 Å². The van der Waals surface area contributed by atoms with Crippen molar-refractivity contribution in [2.75, 3.05) is 17.7 Å². The number of hydrogen-bond acceptors (Lipinski definition) is 6. The van der Waals surface area contributed by atoms with Gasteiger partial charge >= 0.3 is 0 Å². The minimum atomic E-state index is 0.574. The number of hydrogen-bond donors (Lipinski definition) is 2. The Balaban J connectivity index is 1.54. The summed E-state index contributed by atoms with van der Waals surface area (Å²) in [6, 6.07) is 24.0. The van der Waals surface area contributed by atoms with E-state index in [1.807, 2.05) is 72.8 Å². The zero-order chi connectivity index (χ0) is 20.6. The number of rotatable bonds is 8. The molecule has 0 aliphatic rings. The first-order valence-electron chi connectivity index (χ1n) is 9.74. The molecule has 6 nitrogen and oxygen atoms in total. The van der Waals surface area contributed by atoms with Crippen LogP contribution in [0.25, 0.3) is 11.3 Å². The van der Waals surface area contributed by atoms with Crippen molar-refractivity contribution in [3.8, 4) is 17.0 Å². The van der Waals surface area contributed by atoms with E-state index in [0.717, 1.165) is 34.0 Å². The molecule has 30 heavy (non-hydrogen) atoms. The molecule has 0 radical (unpaired) electrons. The van der Waals surface area contributed by atoms with Gasteiger partial charge in [-0.3, -0.25) is 4.98 Å². The summed E-state index contributed by atoms with van der Waals surface area (Å²) in [7, 11) is 1.66. The molecule has 0 unspecified atom stereocenters. The third-order valence-corrected chi connectivity index (χ3v) is 4.63. The van der Waals surface area contributed by atoms with Gasteiger partial charge < -0.3 is 15.4 Å². The predicted octanol–water partition coefficient (Wildman–Crippen LogP) is 4.77. The number of anilines is 2. The van der Waals surface area contributed by atoms with Gasteiger partial charge in [0.1, 0.15) is 11.6 Å². The van der Waals surface area contributed by atoms with Gasteiger partial charge in [-0.05, 0) is 35.4 Å². The molecule has 2 N–H and O–H groups in total. The highest BCUT2D eigenvalue weighted by Gasteiger charge is 2.07. The maximum atomic E-state index is 5.22. The van der Waals surface area contributed by atoms with Crippen molar-refractivity contribution in [2.24, 2.45) is 0 Å². The Morgan fingerprint density at radius 3 is 2.20 bits per heavy atom. The fourth-order valence-electron chi connectivity index (χ4n) is 2.99. The number of methoxy groups -OCH3 is 1. The van der Waals surface area contributed by atoms with E-state index >= 15 is 0 Å². The second-order valence-corrected chi connectivity index (χ2v) is 6.74. The summed E-state index contributed by atoms with van der Waals surface area (Å²) in [6.45, 7) is 1.28. The van der Waals surface area contributed by atoms with Crippen LogP contribution in [0, 0.1) is 0 Å². The normalized spacial score (nSPS) is 10.4. The first-order valence-corrected chi connectivity index (χ1v) is 9.74. The van der Waals surface area contributed by atoms with E-state index in [1.165, 1.54) is 0 Å². The Labute approximate surface area is 176 Å². The zero-order valence-electron chi connectivity index (χ0n) is 16.7. The van der Waals surface area contributed by atoms with Crippen molar-refractivity contribution in [3.05, 3.63) is 96.3 Å². The molecule has 0 bridgehead atoms. The molecule has 4 rings (SSSR count). The smallest absolute Gasteiger partial charge is 0.225 e. The third kappa shape index (κ3) is 5.11. The molecule has 6 heteroatoms. The van der Waals surface area contributed by atoms with Crippen LogP contribution in [0.2, 0.25) is 0 Å². The van der Waals surface area contributed by atoms with Gasteiger partial charge in [0.15, 0.2) is 0 Å². The van der Waals surface area contributed by atoms with Crippen LogP contribution in [-0.4, -0.2) is 22.1 Å². The molecular formula is C24H23N5O. The summed E-state index contributed by atoms with van der Waals surface area (Å²) in [4.78, 5) is 13.4. The SMILES string of the molecule is COc1ccc(CNc2nc(NCc3ccncc3)cc(-c3ccccc3)n2)cc1. The molecule has 4 aromatic rings. The molecule has 0 saturated heterocycles. The lowest BCUT2D eigenvalue weighted by atomic mass is 10.1. The van der Waals surface area contributed by atoms with Crippen molar-refractivity contribution < 1.29 is 4.74 Å². The van der Waals surface area contributed by atoms with Gasteiger partial charge in [-0.15, -0.1) is 0 Å². The van der Waals surface area contributed by atoms with E-state index in [9.17, 15) is 0 Å². The molecular weight excluding hydrogens is 374 g/mol. The lowest BCUT2D eigenvalue weighted by Crippen LogP contribution is -2.08. The molecule has 2 heterocycles. The molecule has 150 valence electrons. The van der Waals surface area contributed by atoms with Crippen LogP contribution in [0.1, 0.15) is 11.1 Å². The van der Waals surface area contributed by atoms with Crippen molar-refractivity contribution in [1.29, 1.82) is 0 Å². The van der Waals surface area contributed by atoms with Crippen molar-refractivity contribution in [1.82, 2.24) is 15.0 Å². The van der Waals surface area contributed by atoms with Crippen molar-refractivity contribution >= 4 is 11.8 Å². The summed E-state index contributed by atoms with van der Waals surface area (Å²) < 4.78 is 5.22. The van der Waals surface area contributed by atoms with Gasteiger partial charge in [0, 0.05) is 37.1 Å². The summed E-state index contributed by atoms with van der Waals surface area (Å²) in [5.41, 5.74) is 4.16. The Morgan fingerprint density at radius 2 is 1.47 bits per heavy atom. The van der Waals surface area contributed by atoms with E-state index in [1.54, 1.807) is 19.5 Å². The van der Waals surface area contributed by atoms with Gasteiger partial charge in [0.2, 0.25) is 5.95 Å². The van der Waals surface area contributed by atoms with E-state index in [-0.39, 0.29) is 0 Å². The van der Waals surface area contributed by atoms with Gasteiger partial charge in [-0.1, -0.05) is 42.5 Å². The Kier molecular flexibility index (Phi) is 6.15. The fraction of sp³-hybridized carbons (Fsp3) is 0.125. The first-order chi connectivity index (χ1) is 14.8. The van der Waals surface area contributed by atoms with Crippen LogP contribution < -0.4 is 15.4 Å². The first kappa shape index (κ1) is 19.4. The van der Waals surface area contributed by atoms with Crippen molar-refractivity contribution in [3.63, 3.8) is 0 Å². The quantitative estimate of drug-likeness (QED) is 0.446. The zero-order valence-corrected chi connectivity index (χ0v) is 16.7. The minimum absolute atomic E-state index is 0.574. The topological polar surface area (TPSA) is 72.0 Å². The van der Waals surface area contributed by atoms with Crippen LogP contribution in [0.4, 0.5) is 11.8 Å². The van der Waals surface area contributed by atoms with Crippen LogP contribution in [0.15, 0.2) is 85.2 Å². The highest BCUT2D eigenvalue weighted by molar-refractivity contribution is 5.64. The van der Waals surface area contributed by atoms with E-state index < -0.39 is 0 Å². The third-order valence-electron chi connectivity index (χ3n) is 4.63. The molecule has 2 aromatic carbocycles. The molecule has 0 spiro atoms. The number of nitrogens with zero attached hydrogens (tertiary/aromatic N) is 3. The lowest BCUT2D eigenvalue weighted by Gasteiger charge is -2.12. The molecule has 0 aliphatic heterocycles. The Hall–Kier alpha value is -3.93. The molecule has 0 aliphatic carbocycles. The summed E-state index contributed by atoms with van der Waals surface area (Å²) in [5, 5.41) is 6.72. The highest BCUT2D eigenvalue weighted by atomic mass is 16.5. The van der Waals surface area contributed by atoms with E-state index in [4.69, 9.17) is 9.72 Å². The van der Waals surface area contributed by atoms with Gasteiger partial charge in [-0.2, -0.15) is 4.98 Å². The second kappa shape index (κ2) is 9.52. The average molecular weight is 397 g/mol. The number of ether oxygens (including phenoxy) is 1. The van der Waals surface area contributed by atoms with Crippen LogP contribution in [0.3, 0.4) is 0 Å². The summed E-state index contributed by atoms with van der Waals surface area (Å²) in [5.74, 6) is 2.17. The largest absolute Gasteiger partial charge is 0.497 e. The standard InChI is InChI=1S/C24H23N5O/c1-30-21-9-7-18(8-10-21)17-27-24-28-22(20-5-3-2-4-6-20)15-23(29-24)26-16-19-11-13-25-14-12-19/h2-15H,16-17H2,1H3,(H2,26,27,28,29). The van der Waals surface area contributed by atoms with Gasteiger partial charge in [0.05, 0.1) is 12.8 Å². The summed E-state index contributed by atoms with van der Waals surface area (Å²) >= 11 is 0. The number of benzene rings is 2. The number of nitrogens with one attached hydrogen (secondary N) is 2. The maximum Gasteiger partial charge on any atom is 0.225 e. The molecule has 0 amide bonds.